The van der Waals surface area contributed by atoms with E-state index in [-0.39, 0.29) is 17.5 Å². The summed E-state index contributed by atoms with van der Waals surface area (Å²) in [4.78, 5) is 29.9. The summed E-state index contributed by atoms with van der Waals surface area (Å²) in [6.45, 7) is 6.01. The molecule has 3 rings (SSSR count). The molecule has 1 aliphatic heterocycles. The van der Waals surface area contributed by atoms with Crippen LogP contribution in [0.15, 0.2) is 54.2 Å². The van der Waals surface area contributed by atoms with Crippen molar-refractivity contribution in [2.24, 2.45) is 0 Å². The Bertz CT molecular complexity index is 982. The van der Waals surface area contributed by atoms with Crippen LogP contribution in [0.5, 0.6) is 5.75 Å². The van der Waals surface area contributed by atoms with E-state index in [1.165, 1.54) is 4.90 Å². The molecular formula is C26H33N3O4. The molecule has 2 aromatic carbocycles. The van der Waals surface area contributed by atoms with Crippen molar-refractivity contribution < 1.29 is 19.1 Å². The molecule has 0 saturated carbocycles. The van der Waals surface area contributed by atoms with Crippen LogP contribution in [-0.4, -0.2) is 57.2 Å². The number of anilines is 2. The smallest absolute Gasteiger partial charge is 0.278 e. The molecule has 0 bridgehead atoms. The number of carbonyl (C=O) groups excluding carboxylic acids is 2. The number of hydrogen-bond donors (Lipinski definition) is 1. The van der Waals surface area contributed by atoms with Crippen LogP contribution in [0.25, 0.3) is 5.57 Å². The standard InChI is InChI=1S/C26H33N3O4/c1-5-17-33-22-14-8-19(9-15-22)23-24(27-20-10-12-21(13-11-20)28(3)4)26(31)29(25(23)30)16-7-18-32-6-2/h8-15,27H,5-7,16-18H2,1-4H3. The van der Waals surface area contributed by atoms with Crippen LogP contribution in [0.4, 0.5) is 11.4 Å². The molecule has 176 valence electrons. The lowest BCUT2D eigenvalue weighted by Gasteiger charge is -2.16. The minimum atomic E-state index is -0.325. The maximum absolute atomic E-state index is 13.3. The summed E-state index contributed by atoms with van der Waals surface area (Å²) in [5.41, 5.74) is 3.13. The fourth-order valence-electron chi connectivity index (χ4n) is 3.56. The Morgan fingerprint density at radius 1 is 0.909 bits per heavy atom. The second kappa shape index (κ2) is 11.5. The molecule has 0 aromatic heterocycles. The first kappa shape index (κ1) is 24.3. The van der Waals surface area contributed by atoms with Crippen molar-refractivity contribution >= 4 is 28.8 Å². The minimum Gasteiger partial charge on any atom is -0.494 e. The fraction of sp³-hybridized carbons (Fsp3) is 0.385. The predicted molar refractivity (Wildman–Crippen MR) is 131 cm³/mol. The lowest BCUT2D eigenvalue weighted by atomic mass is 10.0. The molecular weight excluding hydrogens is 418 g/mol. The summed E-state index contributed by atoms with van der Waals surface area (Å²) in [7, 11) is 3.94. The van der Waals surface area contributed by atoms with E-state index in [1.807, 2.05) is 81.4 Å². The summed E-state index contributed by atoms with van der Waals surface area (Å²) >= 11 is 0. The first-order valence-corrected chi connectivity index (χ1v) is 11.4. The van der Waals surface area contributed by atoms with E-state index in [2.05, 4.69) is 5.32 Å². The van der Waals surface area contributed by atoms with Crippen molar-refractivity contribution in [3.8, 4) is 5.75 Å². The Morgan fingerprint density at radius 3 is 2.21 bits per heavy atom. The molecule has 1 heterocycles. The molecule has 0 aliphatic carbocycles. The summed E-state index contributed by atoms with van der Waals surface area (Å²) in [6.07, 6.45) is 1.50. The van der Waals surface area contributed by atoms with Crippen molar-refractivity contribution in [1.82, 2.24) is 4.90 Å². The van der Waals surface area contributed by atoms with E-state index >= 15 is 0 Å². The molecule has 0 fully saturated rings. The molecule has 0 unspecified atom stereocenters. The molecule has 0 atom stereocenters. The zero-order valence-corrected chi connectivity index (χ0v) is 19.9. The van der Waals surface area contributed by atoms with Crippen molar-refractivity contribution in [3.05, 3.63) is 59.8 Å². The molecule has 2 amide bonds. The zero-order valence-electron chi connectivity index (χ0n) is 19.9. The van der Waals surface area contributed by atoms with Gasteiger partial charge in [-0.05, 0) is 61.7 Å². The van der Waals surface area contributed by atoms with Gasteiger partial charge in [0.05, 0.1) is 12.2 Å². The van der Waals surface area contributed by atoms with Crippen LogP contribution in [-0.2, 0) is 14.3 Å². The molecule has 1 N–H and O–H groups in total. The quantitative estimate of drug-likeness (QED) is 0.386. The normalized spacial score (nSPS) is 13.6. The average Bonchev–Trinajstić information content (AvgIpc) is 3.05. The maximum Gasteiger partial charge on any atom is 0.278 e. The van der Waals surface area contributed by atoms with Gasteiger partial charge >= 0.3 is 0 Å². The van der Waals surface area contributed by atoms with Gasteiger partial charge in [-0.2, -0.15) is 0 Å². The summed E-state index contributed by atoms with van der Waals surface area (Å²) in [5, 5.41) is 3.20. The minimum absolute atomic E-state index is 0.288. The number of benzene rings is 2. The van der Waals surface area contributed by atoms with Gasteiger partial charge in [-0.15, -0.1) is 0 Å². The van der Waals surface area contributed by atoms with Gasteiger partial charge in [0.15, 0.2) is 0 Å². The first-order valence-electron chi connectivity index (χ1n) is 11.4. The van der Waals surface area contributed by atoms with Crippen LogP contribution in [0.2, 0.25) is 0 Å². The van der Waals surface area contributed by atoms with Crippen LogP contribution in [0.1, 0.15) is 32.3 Å². The third-order valence-corrected chi connectivity index (χ3v) is 5.31. The first-order chi connectivity index (χ1) is 16.0. The molecule has 7 nitrogen and oxygen atoms in total. The predicted octanol–water partition coefficient (Wildman–Crippen LogP) is 4.16. The Labute approximate surface area is 196 Å². The van der Waals surface area contributed by atoms with Crippen molar-refractivity contribution in [2.45, 2.75) is 26.7 Å². The lowest BCUT2D eigenvalue weighted by molar-refractivity contribution is -0.137. The Balaban J connectivity index is 1.90. The monoisotopic (exact) mass is 451 g/mol. The van der Waals surface area contributed by atoms with Crippen LogP contribution < -0.4 is 15.0 Å². The number of hydrogen-bond acceptors (Lipinski definition) is 6. The Kier molecular flexibility index (Phi) is 8.49. The van der Waals surface area contributed by atoms with Crippen LogP contribution in [0.3, 0.4) is 0 Å². The number of imide groups is 1. The van der Waals surface area contributed by atoms with E-state index in [0.29, 0.717) is 43.9 Å². The third kappa shape index (κ3) is 5.93. The third-order valence-electron chi connectivity index (χ3n) is 5.31. The Hall–Kier alpha value is -3.32. The van der Waals surface area contributed by atoms with E-state index in [9.17, 15) is 9.59 Å². The van der Waals surface area contributed by atoms with Gasteiger partial charge in [-0.1, -0.05) is 19.1 Å². The fourth-order valence-corrected chi connectivity index (χ4v) is 3.56. The SMILES string of the molecule is CCCOc1ccc(C2=C(Nc3ccc(N(C)C)cc3)C(=O)N(CCCOCC)C2=O)cc1. The van der Waals surface area contributed by atoms with Crippen LogP contribution in [0, 0.1) is 0 Å². The number of amides is 2. The zero-order chi connectivity index (χ0) is 23.8. The van der Waals surface area contributed by atoms with E-state index in [1.54, 1.807) is 0 Å². The lowest BCUT2D eigenvalue weighted by Crippen LogP contribution is -2.34. The molecule has 1 aliphatic rings. The number of rotatable bonds is 12. The van der Waals surface area contributed by atoms with Crippen molar-refractivity contribution in [1.29, 1.82) is 0 Å². The average molecular weight is 452 g/mol. The van der Waals surface area contributed by atoms with Crippen LogP contribution >= 0.6 is 0 Å². The number of nitrogens with one attached hydrogen (secondary N) is 1. The molecule has 33 heavy (non-hydrogen) atoms. The van der Waals surface area contributed by atoms with Gasteiger partial charge in [-0.3, -0.25) is 14.5 Å². The summed E-state index contributed by atoms with van der Waals surface area (Å²) in [5.74, 6) is 0.112. The molecule has 0 spiro atoms. The molecule has 0 saturated heterocycles. The van der Waals surface area contributed by atoms with Gasteiger partial charge in [0.1, 0.15) is 11.4 Å². The van der Waals surface area contributed by atoms with E-state index in [0.717, 1.165) is 23.5 Å². The highest BCUT2D eigenvalue weighted by atomic mass is 16.5. The van der Waals surface area contributed by atoms with E-state index in [4.69, 9.17) is 9.47 Å². The van der Waals surface area contributed by atoms with Crippen molar-refractivity contribution in [2.75, 3.05) is 50.7 Å². The Morgan fingerprint density at radius 2 is 1.61 bits per heavy atom. The van der Waals surface area contributed by atoms with Gasteiger partial charge in [0.2, 0.25) is 0 Å². The largest absolute Gasteiger partial charge is 0.494 e. The number of carbonyl (C=O) groups is 2. The molecule has 2 aromatic rings. The topological polar surface area (TPSA) is 71.1 Å². The van der Waals surface area contributed by atoms with E-state index < -0.39 is 0 Å². The summed E-state index contributed by atoms with van der Waals surface area (Å²) < 4.78 is 11.0. The van der Waals surface area contributed by atoms with Crippen molar-refractivity contribution in [3.63, 3.8) is 0 Å². The molecule has 0 radical (unpaired) electrons. The second-order valence-corrected chi connectivity index (χ2v) is 8.00. The number of nitrogens with zero attached hydrogens (tertiary/aromatic N) is 2. The highest BCUT2D eigenvalue weighted by Gasteiger charge is 2.38. The highest BCUT2D eigenvalue weighted by molar-refractivity contribution is 6.36. The molecule has 7 heteroatoms. The van der Waals surface area contributed by atoms with Gasteiger partial charge < -0.3 is 19.7 Å². The maximum atomic E-state index is 13.3. The second-order valence-electron chi connectivity index (χ2n) is 8.00. The van der Waals surface area contributed by atoms with Gasteiger partial charge in [0.25, 0.3) is 11.8 Å². The van der Waals surface area contributed by atoms with Gasteiger partial charge in [0, 0.05) is 45.2 Å². The van der Waals surface area contributed by atoms with Gasteiger partial charge in [-0.25, -0.2) is 0 Å². The summed E-state index contributed by atoms with van der Waals surface area (Å²) in [6, 6.07) is 15.0. The number of ether oxygens (including phenoxy) is 2. The highest BCUT2D eigenvalue weighted by Crippen LogP contribution is 2.32.